The minimum Gasteiger partial charge on any atom is -0.495 e. The first-order chi connectivity index (χ1) is 17.0. The highest BCUT2D eigenvalue weighted by Crippen LogP contribution is 2.33. The van der Waals surface area contributed by atoms with E-state index in [2.05, 4.69) is 5.32 Å². The number of benzene rings is 2. The number of anilines is 1. The molecule has 36 heavy (non-hydrogen) atoms. The van der Waals surface area contributed by atoms with Gasteiger partial charge in [0.25, 0.3) is 17.5 Å². The smallest absolute Gasteiger partial charge is 0.335 e. The maximum atomic E-state index is 13.3. The SMILES string of the molecule is COc1ccc([N+](=O)[O-])cc1-n1c(C)cc(/C=C2/C(=O)NC(=O)N(c3ccc(C)c(Cl)c3)C2=O)c1C. The van der Waals surface area contributed by atoms with E-state index in [9.17, 15) is 24.5 Å². The summed E-state index contributed by atoms with van der Waals surface area (Å²) >= 11 is 6.17. The summed E-state index contributed by atoms with van der Waals surface area (Å²) in [7, 11) is 1.45. The lowest BCUT2D eigenvalue weighted by molar-refractivity contribution is -0.384. The molecule has 1 aliphatic rings. The van der Waals surface area contributed by atoms with Crippen LogP contribution in [0.3, 0.4) is 0 Å². The van der Waals surface area contributed by atoms with Crippen LogP contribution in [0.4, 0.5) is 16.2 Å². The zero-order valence-electron chi connectivity index (χ0n) is 19.8. The number of ether oxygens (including phenoxy) is 1. The van der Waals surface area contributed by atoms with Crippen molar-refractivity contribution < 1.29 is 24.0 Å². The van der Waals surface area contributed by atoms with Crippen molar-refractivity contribution >= 4 is 46.9 Å². The number of nitro benzene ring substituents is 1. The summed E-state index contributed by atoms with van der Waals surface area (Å²) in [6.45, 7) is 5.30. The number of nitrogens with one attached hydrogen (secondary N) is 1. The number of amides is 4. The number of aromatic nitrogens is 1. The van der Waals surface area contributed by atoms with Gasteiger partial charge in [0, 0.05) is 28.5 Å². The Bertz CT molecular complexity index is 1490. The Morgan fingerprint density at radius 2 is 1.78 bits per heavy atom. The summed E-state index contributed by atoms with van der Waals surface area (Å²) in [6.07, 6.45) is 1.38. The maximum Gasteiger partial charge on any atom is 0.335 e. The molecule has 4 amide bonds. The van der Waals surface area contributed by atoms with Gasteiger partial charge in [0.2, 0.25) is 0 Å². The third-order valence-corrected chi connectivity index (χ3v) is 6.31. The van der Waals surface area contributed by atoms with Crippen molar-refractivity contribution in [3.63, 3.8) is 0 Å². The molecule has 0 atom stereocenters. The second-order valence-corrected chi connectivity index (χ2v) is 8.57. The highest BCUT2D eigenvalue weighted by molar-refractivity contribution is 6.39. The number of non-ortho nitro benzene ring substituents is 1. The second kappa shape index (κ2) is 9.31. The topological polar surface area (TPSA) is 124 Å². The van der Waals surface area contributed by atoms with E-state index in [1.54, 1.807) is 43.5 Å². The molecule has 0 bridgehead atoms. The highest BCUT2D eigenvalue weighted by atomic mass is 35.5. The van der Waals surface area contributed by atoms with Gasteiger partial charge < -0.3 is 9.30 Å². The molecule has 184 valence electrons. The Labute approximate surface area is 210 Å². The Balaban J connectivity index is 1.81. The predicted molar refractivity (Wildman–Crippen MR) is 134 cm³/mol. The molecule has 1 fully saturated rings. The lowest BCUT2D eigenvalue weighted by Crippen LogP contribution is -2.54. The first-order valence-electron chi connectivity index (χ1n) is 10.7. The Morgan fingerprint density at radius 3 is 2.42 bits per heavy atom. The lowest BCUT2D eigenvalue weighted by Gasteiger charge is -2.26. The molecule has 0 aliphatic carbocycles. The van der Waals surface area contributed by atoms with Crippen LogP contribution in [0.1, 0.15) is 22.5 Å². The fourth-order valence-corrected chi connectivity index (χ4v) is 4.21. The molecular weight excluding hydrogens is 488 g/mol. The molecule has 1 N–H and O–H groups in total. The van der Waals surface area contributed by atoms with E-state index in [-0.39, 0.29) is 16.9 Å². The number of carbonyl (C=O) groups excluding carboxylic acids is 3. The van der Waals surface area contributed by atoms with E-state index in [1.807, 2.05) is 0 Å². The third kappa shape index (κ3) is 4.22. The first kappa shape index (κ1) is 24.7. The average molecular weight is 509 g/mol. The van der Waals surface area contributed by atoms with Gasteiger partial charge >= 0.3 is 6.03 Å². The fourth-order valence-electron chi connectivity index (χ4n) is 4.04. The normalized spacial score (nSPS) is 14.9. The summed E-state index contributed by atoms with van der Waals surface area (Å²) in [6, 6.07) is 9.77. The van der Waals surface area contributed by atoms with E-state index in [0.717, 1.165) is 10.5 Å². The Morgan fingerprint density at radius 1 is 1.06 bits per heavy atom. The van der Waals surface area contributed by atoms with Gasteiger partial charge in [-0.25, -0.2) is 9.69 Å². The number of urea groups is 1. The number of imide groups is 2. The van der Waals surface area contributed by atoms with Crippen LogP contribution in [-0.2, 0) is 9.59 Å². The van der Waals surface area contributed by atoms with Crippen LogP contribution in [0.25, 0.3) is 11.8 Å². The molecule has 0 unspecified atom stereocenters. The Kier molecular flexibility index (Phi) is 6.38. The number of nitrogens with zero attached hydrogens (tertiary/aromatic N) is 3. The molecular formula is C25H21ClN4O6. The number of hydrogen-bond donors (Lipinski definition) is 1. The van der Waals surface area contributed by atoms with Crippen molar-refractivity contribution in [1.82, 2.24) is 9.88 Å². The fraction of sp³-hybridized carbons (Fsp3) is 0.160. The molecule has 3 aromatic rings. The summed E-state index contributed by atoms with van der Waals surface area (Å²) in [4.78, 5) is 50.1. The summed E-state index contributed by atoms with van der Waals surface area (Å²) in [5.74, 6) is -1.24. The van der Waals surface area contributed by atoms with Crippen molar-refractivity contribution in [3.8, 4) is 11.4 Å². The lowest BCUT2D eigenvalue weighted by atomic mass is 10.1. The van der Waals surface area contributed by atoms with Gasteiger partial charge in [-0.3, -0.25) is 25.0 Å². The number of aryl methyl sites for hydroxylation is 2. The van der Waals surface area contributed by atoms with Gasteiger partial charge in [0.15, 0.2) is 0 Å². The molecule has 1 saturated heterocycles. The number of barbiturate groups is 1. The van der Waals surface area contributed by atoms with Gasteiger partial charge in [0.05, 0.1) is 23.4 Å². The molecule has 4 rings (SSSR count). The Hall–Kier alpha value is -4.44. The molecule has 1 aliphatic heterocycles. The van der Waals surface area contributed by atoms with Crippen molar-refractivity contribution in [2.24, 2.45) is 0 Å². The number of nitro groups is 1. The second-order valence-electron chi connectivity index (χ2n) is 8.17. The van der Waals surface area contributed by atoms with Gasteiger partial charge in [-0.05, 0) is 62.2 Å². The monoisotopic (exact) mass is 508 g/mol. The molecule has 0 radical (unpaired) electrons. The van der Waals surface area contributed by atoms with Crippen LogP contribution in [0, 0.1) is 30.9 Å². The molecule has 10 nitrogen and oxygen atoms in total. The largest absolute Gasteiger partial charge is 0.495 e. The molecule has 2 aromatic carbocycles. The molecule has 1 aromatic heterocycles. The van der Waals surface area contributed by atoms with E-state index >= 15 is 0 Å². The predicted octanol–water partition coefficient (Wildman–Crippen LogP) is 4.64. The number of halogens is 1. The van der Waals surface area contributed by atoms with E-state index in [0.29, 0.717) is 33.4 Å². The van der Waals surface area contributed by atoms with E-state index < -0.39 is 22.8 Å². The van der Waals surface area contributed by atoms with Gasteiger partial charge in [-0.15, -0.1) is 0 Å². The van der Waals surface area contributed by atoms with Crippen LogP contribution >= 0.6 is 11.6 Å². The standard InChI is InChI=1S/C25H21ClN4O6/c1-13-5-6-17(11-20(13)26)29-24(32)19(23(31)27-25(29)33)10-16-9-14(2)28(15(16)3)21-12-18(30(34)35)7-8-22(21)36-4/h5-12H,1-4H3,(H,27,31,33)/b19-10-. The van der Waals surface area contributed by atoms with Crippen LogP contribution in [0.5, 0.6) is 5.75 Å². The minimum absolute atomic E-state index is 0.119. The maximum absolute atomic E-state index is 13.3. The number of hydrogen-bond acceptors (Lipinski definition) is 6. The number of rotatable bonds is 5. The van der Waals surface area contributed by atoms with E-state index in [4.69, 9.17) is 16.3 Å². The molecule has 0 saturated carbocycles. The highest BCUT2D eigenvalue weighted by Gasteiger charge is 2.37. The quantitative estimate of drug-likeness (QED) is 0.232. The summed E-state index contributed by atoms with van der Waals surface area (Å²) < 4.78 is 7.13. The van der Waals surface area contributed by atoms with Crippen molar-refractivity contribution in [3.05, 3.63) is 85.7 Å². The van der Waals surface area contributed by atoms with Gasteiger partial charge in [-0.1, -0.05) is 17.7 Å². The zero-order valence-corrected chi connectivity index (χ0v) is 20.5. The number of methoxy groups -OCH3 is 1. The molecule has 2 heterocycles. The van der Waals surface area contributed by atoms with Crippen molar-refractivity contribution in [2.75, 3.05) is 12.0 Å². The summed E-state index contributed by atoms with van der Waals surface area (Å²) in [5.41, 5.74) is 2.83. The average Bonchev–Trinajstić information content (AvgIpc) is 3.10. The van der Waals surface area contributed by atoms with Crippen LogP contribution in [-0.4, -0.2) is 34.4 Å². The van der Waals surface area contributed by atoms with Crippen molar-refractivity contribution in [2.45, 2.75) is 20.8 Å². The number of carbonyl (C=O) groups is 3. The van der Waals surface area contributed by atoms with Gasteiger partial charge in [-0.2, -0.15) is 0 Å². The zero-order chi connectivity index (χ0) is 26.3. The van der Waals surface area contributed by atoms with Crippen LogP contribution in [0.15, 0.2) is 48.0 Å². The summed E-state index contributed by atoms with van der Waals surface area (Å²) in [5, 5.41) is 13.9. The van der Waals surface area contributed by atoms with Crippen LogP contribution < -0.4 is 15.0 Å². The minimum atomic E-state index is -0.881. The van der Waals surface area contributed by atoms with E-state index in [1.165, 1.54) is 37.5 Å². The first-order valence-corrected chi connectivity index (χ1v) is 11.1. The third-order valence-electron chi connectivity index (χ3n) is 5.90. The van der Waals surface area contributed by atoms with Crippen LogP contribution in [0.2, 0.25) is 5.02 Å². The molecule has 0 spiro atoms. The van der Waals surface area contributed by atoms with Gasteiger partial charge in [0.1, 0.15) is 11.3 Å². The molecule has 11 heteroatoms. The van der Waals surface area contributed by atoms with Crippen molar-refractivity contribution in [1.29, 1.82) is 0 Å².